The van der Waals surface area contributed by atoms with E-state index in [1.807, 2.05) is 13.0 Å². The van der Waals surface area contributed by atoms with Crippen LogP contribution in [0.15, 0.2) is 33.8 Å². The Morgan fingerprint density at radius 1 is 1.35 bits per heavy atom. The molecule has 0 amide bonds. The molecule has 4 nitrogen and oxygen atoms in total. The molecule has 2 rings (SSSR count). The summed E-state index contributed by atoms with van der Waals surface area (Å²) in [6.07, 6.45) is 3.45. The van der Waals surface area contributed by atoms with Crippen LogP contribution in [0.1, 0.15) is 12.5 Å². The van der Waals surface area contributed by atoms with Gasteiger partial charge in [-0.25, -0.2) is 4.68 Å². The summed E-state index contributed by atoms with van der Waals surface area (Å²) in [7, 11) is 0. The average molecular weight is 294 g/mol. The molecule has 0 saturated heterocycles. The van der Waals surface area contributed by atoms with Gasteiger partial charge >= 0.3 is 0 Å². The minimum Gasteiger partial charge on any atom is -0.268 e. The highest BCUT2D eigenvalue weighted by atomic mass is 79.9. The SMILES string of the molecule is CCn1nc(-c2cncc(Br)c2)cc(C)c1=O. The lowest BCUT2D eigenvalue weighted by Gasteiger charge is -2.06. The van der Waals surface area contributed by atoms with E-state index in [4.69, 9.17) is 0 Å². The van der Waals surface area contributed by atoms with Crippen molar-refractivity contribution in [1.29, 1.82) is 0 Å². The molecule has 5 heteroatoms. The van der Waals surface area contributed by atoms with Crippen LogP contribution in [0.5, 0.6) is 0 Å². The number of rotatable bonds is 2. The molecule has 0 aliphatic rings. The van der Waals surface area contributed by atoms with Crippen LogP contribution in [0.4, 0.5) is 0 Å². The second-order valence-electron chi connectivity index (χ2n) is 3.73. The van der Waals surface area contributed by atoms with Crippen LogP contribution >= 0.6 is 15.9 Å². The third-order valence-corrected chi connectivity index (χ3v) is 2.89. The predicted octanol–water partition coefficient (Wildman–Crippen LogP) is 2.40. The third kappa shape index (κ3) is 2.44. The van der Waals surface area contributed by atoms with Crippen LogP contribution in [0.3, 0.4) is 0 Å². The zero-order valence-corrected chi connectivity index (χ0v) is 11.2. The Balaban J connectivity index is 2.61. The second kappa shape index (κ2) is 4.79. The van der Waals surface area contributed by atoms with E-state index in [2.05, 4.69) is 26.0 Å². The molecule has 0 bridgehead atoms. The number of pyridine rings is 1. The van der Waals surface area contributed by atoms with Crippen molar-refractivity contribution in [2.24, 2.45) is 0 Å². The Hall–Kier alpha value is -1.49. The lowest BCUT2D eigenvalue weighted by Crippen LogP contribution is -2.24. The van der Waals surface area contributed by atoms with Gasteiger partial charge in [0.15, 0.2) is 0 Å². The number of hydrogen-bond acceptors (Lipinski definition) is 3. The first-order valence-electron chi connectivity index (χ1n) is 5.31. The van der Waals surface area contributed by atoms with E-state index in [-0.39, 0.29) is 5.56 Å². The van der Waals surface area contributed by atoms with Crippen molar-refractivity contribution in [2.75, 3.05) is 0 Å². The van der Waals surface area contributed by atoms with Crippen LogP contribution < -0.4 is 5.56 Å². The van der Waals surface area contributed by atoms with Gasteiger partial charge in [-0.3, -0.25) is 9.78 Å². The van der Waals surface area contributed by atoms with E-state index in [1.165, 1.54) is 4.68 Å². The maximum atomic E-state index is 11.7. The first kappa shape index (κ1) is 12.0. The summed E-state index contributed by atoms with van der Waals surface area (Å²) in [5.74, 6) is 0. The molecule has 0 spiro atoms. The monoisotopic (exact) mass is 293 g/mol. The predicted molar refractivity (Wildman–Crippen MR) is 69.8 cm³/mol. The van der Waals surface area contributed by atoms with Gasteiger partial charge in [0.2, 0.25) is 0 Å². The molecule has 0 saturated carbocycles. The van der Waals surface area contributed by atoms with Gasteiger partial charge in [-0.1, -0.05) is 0 Å². The number of nitrogens with zero attached hydrogens (tertiary/aromatic N) is 3. The van der Waals surface area contributed by atoms with E-state index >= 15 is 0 Å². The number of aryl methyl sites for hydroxylation is 2. The average Bonchev–Trinajstić information content (AvgIpc) is 2.32. The molecule has 2 aromatic rings. The Kier molecular flexibility index (Phi) is 3.38. The number of halogens is 1. The summed E-state index contributed by atoms with van der Waals surface area (Å²) in [6, 6.07) is 3.72. The van der Waals surface area contributed by atoms with Crippen molar-refractivity contribution in [3.63, 3.8) is 0 Å². The van der Waals surface area contributed by atoms with Gasteiger partial charge < -0.3 is 0 Å². The van der Waals surface area contributed by atoms with Gasteiger partial charge in [0.25, 0.3) is 5.56 Å². The fourth-order valence-corrected chi connectivity index (χ4v) is 1.95. The van der Waals surface area contributed by atoms with Crippen molar-refractivity contribution in [2.45, 2.75) is 20.4 Å². The molecule has 0 fully saturated rings. The van der Waals surface area contributed by atoms with Crippen molar-refractivity contribution in [3.05, 3.63) is 44.9 Å². The first-order chi connectivity index (χ1) is 8.11. The second-order valence-corrected chi connectivity index (χ2v) is 4.64. The Labute approximate surface area is 107 Å². The van der Waals surface area contributed by atoms with E-state index < -0.39 is 0 Å². The minimum atomic E-state index is -0.0424. The summed E-state index contributed by atoms with van der Waals surface area (Å²) < 4.78 is 2.36. The smallest absolute Gasteiger partial charge is 0.268 e. The maximum absolute atomic E-state index is 11.7. The topological polar surface area (TPSA) is 47.8 Å². The van der Waals surface area contributed by atoms with E-state index in [9.17, 15) is 4.79 Å². The molecule has 2 heterocycles. The van der Waals surface area contributed by atoms with Gasteiger partial charge in [0, 0.05) is 34.5 Å². The molecule has 17 heavy (non-hydrogen) atoms. The normalized spacial score (nSPS) is 10.5. The highest BCUT2D eigenvalue weighted by Crippen LogP contribution is 2.19. The molecule has 0 aliphatic carbocycles. The summed E-state index contributed by atoms with van der Waals surface area (Å²) in [4.78, 5) is 15.8. The zero-order valence-electron chi connectivity index (χ0n) is 9.64. The number of aromatic nitrogens is 3. The van der Waals surface area contributed by atoms with Crippen molar-refractivity contribution >= 4 is 15.9 Å². The van der Waals surface area contributed by atoms with Crippen LogP contribution in [0.2, 0.25) is 0 Å². The quantitative estimate of drug-likeness (QED) is 0.854. The van der Waals surface area contributed by atoms with Gasteiger partial charge in [-0.2, -0.15) is 5.10 Å². The summed E-state index contributed by atoms with van der Waals surface area (Å²) in [6.45, 7) is 4.26. The van der Waals surface area contributed by atoms with Crippen LogP contribution in [-0.2, 0) is 6.54 Å². The standard InChI is InChI=1S/C12H12BrN3O/c1-3-16-12(17)8(2)4-11(15-16)9-5-10(13)7-14-6-9/h4-7H,3H2,1-2H3. The fraction of sp³-hybridized carbons (Fsp3) is 0.250. The van der Waals surface area contributed by atoms with Crippen molar-refractivity contribution in [1.82, 2.24) is 14.8 Å². The molecular formula is C12H12BrN3O. The Morgan fingerprint density at radius 3 is 2.76 bits per heavy atom. The largest absolute Gasteiger partial charge is 0.269 e. The molecule has 0 atom stereocenters. The van der Waals surface area contributed by atoms with Crippen molar-refractivity contribution in [3.8, 4) is 11.3 Å². The molecule has 88 valence electrons. The molecule has 0 aromatic carbocycles. The van der Waals surface area contributed by atoms with Gasteiger partial charge in [0.05, 0.1) is 5.69 Å². The highest BCUT2D eigenvalue weighted by Gasteiger charge is 2.06. The van der Waals surface area contributed by atoms with Gasteiger partial charge in [0.1, 0.15) is 0 Å². The van der Waals surface area contributed by atoms with Crippen LogP contribution in [-0.4, -0.2) is 14.8 Å². The van der Waals surface area contributed by atoms with Gasteiger partial charge in [-0.05, 0) is 41.9 Å². The minimum absolute atomic E-state index is 0.0424. The molecule has 0 aliphatic heterocycles. The first-order valence-corrected chi connectivity index (χ1v) is 6.11. The molecular weight excluding hydrogens is 282 g/mol. The molecule has 0 N–H and O–H groups in total. The Morgan fingerprint density at radius 2 is 2.12 bits per heavy atom. The van der Waals surface area contributed by atoms with Crippen LogP contribution in [0, 0.1) is 6.92 Å². The highest BCUT2D eigenvalue weighted by molar-refractivity contribution is 9.10. The molecule has 0 unspecified atom stereocenters. The van der Waals surface area contributed by atoms with E-state index in [1.54, 1.807) is 25.4 Å². The van der Waals surface area contributed by atoms with E-state index in [0.717, 1.165) is 15.7 Å². The summed E-state index contributed by atoms with van der Waals surface area (Å²) in [5.41, 5.74) is 2.30. The van der Waals surface area contributed by atoms with Crippen molar-refractivity contribution < 1.29 is 0 Å². The maximum Gasteiger partial charge on any atom is 0.269 e. The van der Waals surface area contributed by atoms with Gasteiger partial charge in [-0.15, -0.1) is 0 Å². The van der Waals surface area contributed by atoms with Crippen LogP contribution in [0.25, 0.3) is 11.3 Å². The zero-order chi connectivity index (χ0) is 12.4. The van der Waals surface area contributed by atoms with E-state index in [0.29, 0.717) is 12.1 Å². The lowest BCUT2D eigenvalue weighted by molar-refractivity contribution is 0.614. The molecule has 2 aromatic heterocycles. The fourth-order valence-electron chi connectivity index (χ4n) is 1.58. The number of hydrogen-bond donors (Lipinski definition) is 0. The lowest BCUT2D eigenvalue weighted by atomic mass is 10.2. The summed E-state index contributed by atoms with van der Waals surface area (Å²) in [5, 5.41) is 4.31. The Bertz CT molecular complexity index is 607. The third-order valence-electron chi connectivity index (χ3n) is 2.45. The summed E-state index contributed by atoms with van der Waals surface area (Å²) >= 11 is 3.37. The molecule has 0 radical (unpaired) electrons.